The fraction of sp³-hybridized carbons (Fsp3) is 0.600. The standard InChI is InChI=1S/C15H24N2O.ClH/c1-12(2)18-15-6-4-14(5-7-15)11-17-9-8-16-10-13(17)3;/h4-7,12-13,16H,8-11H2,1-3H3;1H/t13-;/m0./s1. The van der Waals surface area contributed by atoms with E-state index in [0.717, 1.165) is 31.9 Å². The number of benzene rings is 1. The van der Waals surface area contributed by atoms with E-state index in [2.05, 4.69) is 55.3 Å². The number of piperazine rings is 1. The van der Waals surface area contributed by atoms with E-state index in [-0.39, 0.29) is 18.5 Å². The van der Waals surface area contributed by atoms with Crippen LogP contribution in [0.3, 0.4) is 0 Å². The average molecular weight is 285 g/mol. The molecule has 0 radical (unpaired) electrons. The fourth-order valence-electron chi connectivity index (χ4n) is 2.30. The highest BCUT2D eigenvalue weighted by molar-refractivity contribution is 5.85. The summed E-state index contributed by atoms with van der Waals surface area (Å²) in [4.78, 5) is 2.52. The van der Waals surface area contributed by atoms with Crippen molar-refractivity contribution in [1.82, 2.24) is 10.2 Å². The molecular weight excluding hydrogens is 260 g/mol. The first kappa shape index (κ1) is 16.3. The monoisotopic (exact) mass is 284 g/mol. The van der Waals surface area contributed by atoms with Gasteiger partial charge in [0.25, 0.3) is 0 Å². The van der Waals surface area contributed by atoms with E-state index in [0.29, 0.717) is 6.04 Å². The first-order valence-corrected chi connectivity index (χ1v) is 6.85. The molecule has 1 atom stereocenters. The quantitative estimate of drug-likeness (QED) is 0.920. The van der Waals surface area contributed by atoms with Crippen LogP contribution in [0.5, 0.6) is 5.75 Å². The second kappa shape index (κ2) is 7.73. The van der Waals surface area contributed by atoms with Crippen molar-refractivity contribution in [2.45, 2.75) is 39.5 Å². The second-order valence-corrected chi connectivity index (χ2v) is 5.33. The highest BCUT2D eigenvalue weighted by atomic mass is 35.5. The summed E-state index contributed by atoms with van der Waals surface area (Å²) in [5.41, 5.74) is 1.36. The molecule has 2 rings (SSSR count). The topological polar surface area (TPSA) is 24.5 Å². The van der Waals surface area contributed by atoms with E-state index in [4.69, 9.17) is 4.74 Å². The Bertz CT molecular complexity index is 367. The Balaban J connectivity index is 0.00000180. The zero-order valence-electron chi connectivity index (χ0n) is 12.1. The predicted octanol–water partition coefficient (Wildman–Crippen LogP) is 2.69. The summed E-state index contributed by atoms with van der Waals surface area (Å²) in [7, 11) is 0. The summed E-state index contributed by atoms with van der Waals surface area (Å²) >= 11 is 0. The van der Waals surface area contributed by atoms with Crippen molar-refractivity contribution in [3.63, 3.8) is 0 Å². The Kier molecular flexibility index (Phi) is 6.63. The third kappa shape index (κ3) is 5.01. The highest BCUT2D eigenvalue weighted by Gasteiger charge is 2.17. The summed E-state index contributed by atoms with van der Waals surface area (Å²) in [5.74, 6) is 0.960. The van der Waals surface area contributed by atoms with Crippen molar-refractivity contribution in [2.75, 3.05) is 19.6 Å². The van der Waals surface area contributed by atoms with Crippen LogP contribution in [0.4, 0.5) is 0 Å². The SMILES string of the molecule is CC(C)Oc1ccc(CN2CCNC[C@@H]2C)cc1.Cl. The van der Waals surface area contributed by atoms with Crippen molar-refractivity contribution in [2.24, 2.45) is 0 Å². The van der Waals surface area contributed by atoms with Gasteiger partial charge < -0.3 is 10.1 Å². The molecule has 0 aliphatic carbocycles. The molecule has 1 fully saturated rings. The van der Waals surface area contributed by atoms with Gasteiger partial charge in [-0.25, -0.2) is 0 Å². The van der Waals surface area contributed by atoms with Gasteiger partial charge in [0.15, 0.2) is 0 Å². The average Bonchev–Trinajstić information content (AvgIpc) is 2.34. The third-order valence-electron chi connectivity index (χ3n) is 3.32. The van der Waals surface area contributed by atoms with Crippen LogP contribution >= 0.6 is 12.4 Å². The molecule has 0 saturated carbocycles. The lowest BCUT2D eigenvalue weighted by Gasteiger charge is -2.33. The molecule has 1 heterocycles. The van der Waals surface area contributed by atoms with Gasteiger partial charge >= 0.3 is 0 Å². The zero-order valence-corrected chi connectivity index (χ0v) is 12.9. The van der Waals surface area contributed by atoms with Gasteiger partial charge in [0, 0.05) is 32.2 Å². The largest absolute Gasteiger partial charge is 0.491 e. The molecule has 1 saturated heterocycles. The molecule has 1 aliphatic heterocycles. The molecule has 0 amide bonds. The number of rotatable bonds is 4. The van der Waals surface area contributed by atoms with E-state index in [1.807, 2.05) is 0 Å². The Morgan fingerprint density at radius 1 is 1.32 bits per heavy atom. The van der Waals surface area contributed by atoms with E-state index in [9.17, 15) is 0 Å². The molecular formula is C15H25ClN2O. The number of ether oxygens (including phenoxy) is 1. The minimum atomic E-state index is 0. The van der Waals surface area contributed by atoms with Crippen LogP contribution in [0.15, 0.2) is 24.3 Å². The van der Waals surface area contributed by atoms with Crippen LogP contribution in [0.2, 0.25) is 0 Å². The Morgan fingerprint density at radius 3 is 2.58 bits per heavy atom. The highest BCUT2D eigenvalue weighted by Crippen LogP contribution is 2.16. The maximum atomic E-state index is 5.66. The summed E-state index contributed by atoms with van der Waals surface area (Å²) < 4.78 is 5.66. The van der Waals surface area contributed by atoms with Gasteiger partial charge in [0.1, 0.15) is 5.75 Å². The minimum Gasteiger partial charge on any atom is -0.491 e. The molecule has 19 heavy (non-hydrogen) atoms. The van der Waals surface area contributed by atoms with Crippen molar-refractivity contribution >= 4 is 12.4 Å². The maximum absolute atomic E-state index is 5.66. The zero-order chi connectivity index (χ0) is 13.0. The van der Waals surface area contributed by atoms with Crippen LogP contribution < -0.4 is 10.1 Å². The van der Waals surface area contributed by atoms with E-state index in [1.54, 1.807) is 0 Å². The van der Waals surface area contributed by atoms with Crippen LogP contribution in [-0.4, -0.2) is 36.7 Å². The minimum absolute atomic E-state index is 0. The van der Waals surface area contributed by atoms with Crippen molar-refractivity contribution in [3.05, 3.63) is 29.8 Å². The first-order chi connectivity index (χ1) is 8.65. The number of hydrogen-bond donors (Lipinski definition) is 1. The van der Waals surface area contributed by atoms with Crippen LogP contribution in [0.25, 0.3) is 0 Å². The lowest BCUT2D eigenvalue weighted by molar-refractivity contribution is 0.165. The van der Waals surface area contributed by atoms with Crippen molar-refractivity contribution in [1.29, 1.82) is 0 Å². The van der Waals surface area contributed by atoms with Gasteiger partial charge in [-0.1, -0.05) is 12.1 Å². The normalized spacial score (nSPS) is 20.1. The lowest BCUT2D eigenvalue weighted by atomic mass is 10.1. The summed E-state index contributed by atoms with van der Waals surface area (Å²) in [6, 6.07) is 9.11. The van der Waals surface area contributed by atoms with Crippen molar-refractivity contribution < 1.29 is 4.74 Å². The van der Waals surface area contributed by atoms with Crippen molar-refractivity contribution in [3.8, 4) is 5.75 Å². The molecule has 0 unspecified atom stereocenters. The maximum Gasteiger partial charge on any atom is 0.119 e. The Hall–Kier alpha value is -0.770. The lowest BCUT2D eigenvalue weighted by Crippen LogP contribution is -2.49. The number of hydrogen-bond acceptors (Lipinski definition) is 3. The van der Waals surface area contributed by atoms with Gasteiger partial charge in [-0.15, -0.1) is 12.4 Å². The number of nitrogens with one attached hydrogen (secondary N) is 1. The fourth-order valence-corrected chi connectivity index (χ4v) is 2.30. The van der Waals surface area contributed by atoms with Gasteiger partial charge in [-0.2, -0.15) is 0 Å². The molecule has 108 valence electrons. The van der Waals surface area contributed by atoms with E-state index >= 15 is 0 Å². The number of nitrogens with zero attached hydrogens (tertiary/aromatic N) is 1. The van der Waals surface area contributed by atoms with E-state index in [1.165, 1.54) is 5.56 Å². The molecule has 0 bridgehead atoms. The molecule has 1 aromatic rings. The molecule has 1 N–H and O–H groups in total. The molecule has 1 aromatic carbocycles. The van der Waals surface area contributed by atoms with E-state index < -0.39 is 0 Å². The first-order valence-electron chi connectivity index (χ1n) is 6.85. The molecule has 0 aromatic heterocycles. The van der Waals surface area contributed by atoms with Gasteiger partial charge in [0.05, 0.1) is 6.10 Å². The predicted molar refractivity (Wildman–Crippen MR) is 82.2 cm³/mol. The smallest absolute Gasteiger partial charge is 0.119 e. The van der Waals surface area contributed by atoms with Gasteiger partial charge in [-0.05, 0) is 38.5 Å². The molecule has 4 heteroatoms. The Morgan fingerprint density at radius 2 is 2.00 bits per heavy atom. The second-order valence-electron chi connectivity index (χ2n) is 5.33. The Labute approximate surface area is 122 Å². The third-order valence-corrected chi connectivity index (χ3v) is 3.32. The molecule has 0 spiro atoms. The van der Waals surface area contributed by atoms with Gasteiger partial charge in [0.2, 0.25) is 0 Å². The van der Waals surface area contributed by atoms with Crippen LogP contribution in [0, 0.1) is 0 Å². The summed E-state index contributed by atoms with van der Waals surface area (Å²) in [6.07, 6.45) is 0.240. The molecule has 3 nitrogen and oxygen atoms in total. The van der Waals surface area contributed by atoms with Crippen LogP contribution in [-0.2, 0) is 6.54 Å². The van der Waals surface area contributed by atoms with Gasteiger partial charge in [-0.3, -0.25) is 4.90 Å². The summed E-state index contributed by atoms with van der Waals surface area (Å²) in [5, 5.41) is 3.42. The van der Waals surface area contributed by atoms with Crippen LogP contribution in [0.1, 0.15) is 26.3 Å². The summed E-state index contributed by atoms with van der Waals surface area (Å²) in [6.45, 7) is 10.7. The number of halogens is 1. The molecule has 1 aliphatic rings.